The first kappa shape index (κ1) is 17.3. The molecule has 1 unspecified atom stereocenters. The Labute approximate surface area is 142 Å². The molecule has 0 saturated carbocycles. The Morgan fingerprint density at radius 3 is 2.90 bits per heavy atom. The number of halogens is 1. The van der Waals surface area contributed by atoms with E-state index in [2.05, 4.69) is 83.1 Å². The third-order valence-electron chi connectivity index (χ3n) is 4.26. The molecule has 0 aromatic heterocycles. The van der Waals surface area contributed by atoms with Crippen LogP contribution in [-0.4, -0.2) is 42.1 Å². The van der Waals surface area contributed by atoms with E-state index < -0.39 is 0 Å². The Morgan fingerprint density at radius 1 is 1.38 bits per heavy atom. The number of benzene rings is 1. The molecule has 1 aromatic rings. The van der Waals surface area contributed by atoms with Crippen molar-refractivity contribution in [3.8, 4) is 0 Å². The molecule has 1 aliphatic heterocycles. The van der Waals surface area contributed by atoms with Crippen LogP contribution >= 0.6 is 27.7 Å². The number of rotatable bonds is 5. The Hall–Kier alpha value is -0.0300. The highest BCUT2D eigenvalue weighted by Gasteiger charge is 2.23. The first-order chi connectivity index (χ1) is 10.00. The number of hydrogen-bond donors (Lipinski definition) is 1. The summed E-state index contributed by atoms with van der Waals surface area (Å²) in [6.07, 6.45) is 2.46. The van der Waals surface area contributed by atoms with Gasteiger partial charge in [0, 0.05) is 27.6 Å². The van der Waals surface area contributed by atoms with E-state index in [4.69, 9.17) is 0 Å². The summed E-state index contributed by atoms with van der Waals surface area (Å²) >= 11 is 5.69. The van der Waals surface area contributed by atoms with Gasteiger partial charge in [-0.15, -0.1) is 0 Å². The molecule has 2 nitrogen and oxygen atoms in total. The van der Waals surface area contributed by atoms with E-state index in [9.17, 15) is 0 Å². The fourth-order valence-electron chi connectivity index (χ4n) is 2.80. The van der Waals surface area contributed by atoms with Crippen molar-refractivity contribution < 1.29 is 0 Å². The summed E-state index contributed by atoms with van der Waals surface area (Å²) in [4.78, 5) is 2.63. The predicted molar refractivity (Wildman–Crippen MR) is 98.2 cm³/mol. The zero-order valence-electron chi connectivity index (χ0n) is 13.4. The SMILES string of the molecule is CNC(CCN1CCSC(C)(C)CC1)c1cccc(Br)c1. The lowest BCUT2D eigenvalue weighted by Crippen LogP contribution is -2.31. The van der Waals surface area contributed by atoms with Crippen LogP contribution < -0.4 is 5.32 Å². The minimum Gasteiger partial charge on any atom is -0.313 e. The summed E-state index contributed by atoms with van der Waals surface area (Å²) in [6.45, 7) is 8.38. The van der Waals surface area contributed by atoms with Crippen molar-refractivity contribution in [2.45, 2.75) is 37.5 Å². The van der Waals surface area contributed by atoms with Gasteiger partial charge in [0.05, 0.1) is 0 Å². The van der Waals surface area contributed by atoms with Gasteiger partial charge in [0.2, 0.25) is 0 Å². The molecule has 1 N–H and O–H groups in total. The van der Waals surface area contributed by atoms with Gasteiger partial charge in [-0.2, -0.15) is 11.8 Å². The molecule has 4 heteroatoms. The topological polar surface area (TPSA) is 15.3 Å². The highest BCUT2D eigenvalue weighted by molar-refractivity contribution is 9.10. The summed E-state index contributed by atoms with van der Waals surface area (Å²) in [7, 11) is 2.06. The fraction of sp³-hybridized carbons (Fsp3) is 0.647. The first-order valence-corrected chi connectivity index (χ1v) is 9.57. The minimum absolute atomic E-state index is 0.436. The third-order valence-corrected chi connectivity index (χ3v) is 6.13. The summed E-state index contributed by atoms with van der Waals surface area (Å²) in [6, 6.07) is 9.08. The van der Waals surface area contributed by atoms with Gasteiger partial charge in [-0.05, 0) is 50.7 Å². The second-order valence-electron chi connectivity index (χ2n) is 6.38. The minimum atomic E-state index is 0.436. The van der Waals surface area contributed by atoms with Crippen LogP contribution in [0.25, 0.3) is 0 Å². The molecule has 0 bridgehead atoms. The maximum atomic E-state index is 3.57. The van der Waals surface area contributed by atoms with E-state index >= 15 is 0 Å². The number of hydrogen-bond acceptors (Lipinski definition) is 3. The lowest BCUT2D eigenvalue weighted by atomic mass is 10.0. The van der Waals surface area contributed by atoms with E-state index in [0.717, 1.165) is 10.9 Å². The van der Waals surface area contributed by atoms with Crippen molar-refractivity contribution in [3.63, 3.8) is 0 Å². The van der Waals surface area contributed by atoms with Crippen molar-refractivity contribution >= 4 is 27.7 Å². The Bertz CT molecular complexity index is 450. The summed E-state index contributed by atoms with van der Waals surface area (Å²) in [5, 5.41) is 3.46. The van der Waals surface area contributed by atoms with Gasteiger partial charge in [-0.3, -0.25) is 0 Å². The van der Waals surface area contributed by atoms with E-state index in [1.54, 1.807) is 0 Å². The quantitative estimate of drug-likeness (QED) is 0.830. The third kappa shape index (κ3) is 5.59. The van der Waals surface area contributed by atoms with Gasteiger partial charge < -0.3 is 10.2 Å². The van der Waals surface area contributed by atoms with Gasteiger partial charge in [0.25, 0.3) is 0 Å². The molecule has 0 spiro atoms. The molecule has 1 saturated heterocycles. The second kappa shape index (κ2) is 8.00. The van der Waals surface area contributed by atoms with Crippen LogP contribution in [0.5, 0.6) is 0 Å². The maximum Gasteiger partial charge on any atom is 0.0330 e. The molecule has 118 valence electrons. The predicted octanol–water partition coefficient (Wildman–Crippen LogP) is 4.32. The number of thioether (sulfide) groups is 1. The van der Waals surface area contributed by atoms with Gasteiger partial charge in [-0.1, -0.05) is 41.9 Å². The summed E-state index contributed by atoms with van der Waals surface area (Å²) in [5.74, 6) is 1.26. The zero-order chi connectivity index (χ0) is 15.3. The average molecular weight is 371 g/mol. The Kier molecular flexibility index (Phi) is 6.60. The number of nitrogens with one attached hydrogen (secondary N) is 1. The zero-order valence-corrected chi connectivity index (χ0v) is 15.8. The van der Waals surface area contributed by atoms with E-state index in [1.807, 2.05) is 0 Å². The molecule has 2 rings (SSSR count). The standard InChI is InChI=1S/C17H27BrN2S/c1-17(2)8-10-20(11-12-21-17)9-7-16(19-3)14-5-4-6-15(18)13-14/h4-6,13,16,19H,7-12H2,1-3H3. The molecule has 0 aliphatic carbocycles. The Morgan fingerprint density at radius 2 is 2.19 bits per heavy atom. The molecular formula is C17H27BrN2S. The van der Waals surface area contributed by atoms with Crippen LogP contribution in [0.2, 0.25) is 0 Å². The molecule has 0 radical (unpaired) electrons. The highest BCUT2D eigenvalue weighted by atomic mass is 79.9. The summed E-state index contributed by atoms with van der Waals surface area (Å²) in [5.41, 5.74) is 1.37. The van der Waals surface area contributed by atoms with E-state index in [-0.39, 0.29) is 0 Å². The van der Waals surface area contributed by atoms with Crippen molar-refractivity contribution in [3.05, 3.63) is 34.3 Å². The van der Waals surface area contributed by atoms with Crippen LogP contribution in [0.3, 0.4) is 0 Å². The lowest BCUT2D eigenvalue weighted by molar-refractivity contribution is 0.268. The second-order valence-corrected chi connectivity index (χ2v) is 9.10. The van der Waals surface area contributed by atoms with Gasteiger partial charge in [0.15, 0.2) is 0 Å². The van der Waals surface area contributed by atoms with Crippen molar-refractivity contribution in [1.82, 2.24) is 10.2 Å². The summed E-state index contributed by atoms with van der Waals surface area (Å²) < 4.78 is 1.61. The van der Waals surface area contributed by atoms with Crippen molar-refractivity contribution in [2.24, 2.45) is 0 Å². The highest BCUT2D eigenvalue weighted by Crippen LogP contribution is 2.31. The molecule has 1 fully saturated rings. The average Bonchev–Trinajstić information content (AvgIpc) is 2.61. The molecule has 1 aliphatic rings. The van der Waals surface area contributed by atoms with Gasteiger partial charge in [-0.25, -0.2) is 0 Å². The molecule has 1 aromatic carbocycles. The molecule has 0 amide bonds. The monoisotopic (exact) mass is 370 g/mol. The first-order valence-electron chi connectivity index (χ1n) is 7.79. The normalized spacial score (nSPS) is 21.0. The van der Waals surface area contributed by atoms with Crippen LogP contribution in [0.15, 0.2) is 28.7 Å². The van der Waals surface area contributed by atoms with Crippen LogP contribution in [0.4, 0.5) is 0 Å². The maximum absolute atomic E-state index is 3.57. The largest absolute Gasteiger partial charge is 0.313 e. The van der Waals surface area contributed by atoms with Crippen LogP contribution in [-0.2, 0) is 0 Å². The lowest BCUT2D eigenvalue weighted by Gasteiger charge is -2.25. The van der Waals surface area contributed by atoms with Crippen LogP contribution in [0.1, 0.15) is 38.3 Å². The molecular weight excluding hydrogens is 344 g/mol. The van der Waals surface area contributed by atoms with E-state index in [0.29, 0.717) is 10.8 Å². The molecule has 21 heavy (non-hydrogen) atoms. The van der Waals surface area contributed by atoms with Crippen LogP contribution in [0, 0.1) is 0 Å². The van der Waals surface area contributed by atoms with Crippen molar-refractivity contribution in [2.75, 3.05) is 32.4 Å². The van der Waals surface area contributed by atoms with Gasteiger partial charge in [0.1, 0.15) is 0 Å². The molecule has 1 atom stereocenters. The smallest absolute Gasteiger partial charge is 0.0330 e. The van der Waals surface area contributed by atoms with Crippen molar-refractivity contribution in [1.29, 1.82) is 0 Å². The van der Waals surface area contributed by atoms with Gasteiger partial charge >= 0.3 is 0 Å². The Balaban J connectivity index is 1.88. The molecule has 1 heterocycles. The van der Waals surface area contributed by atoms with E-state index in [1.165, 1.54) is 37.4 Å². The fourth-order valence-corrected chi connectivity index (χ4v) is 4.35. The number of nitrogens with zero attached hydrogens (tertiary/aromatic N) is 1.